The molecule has 2 N–H and O–H groups in total. The molecule has 0 spiro atoms. The standard InChI is InChI=1S/C16H25N3O4/c1-10(2)14-17-13(23-19-14)8-7-12(20)18-16(3)9-5-4-6-11(16)15(21)22/h10-11H,4-9H2,1-3H3,(H,18,20)(H,21,22). The Morgan fingerprint density at radius 1 is 1.43 bits per heavy atom. The van der Waals surface area contributed by atoms with Crippen LogP contribution in [0.4, 0.5) is 0 Å². The highest BCUT2D eigenvalue weighted by Gasteiger charge is 2.42. The lowest BCUT2D eigenvalue weighted by atomic mass is 9.74. The van der Waals surface area contributed by atoms with Crippen molar-refractivity contribution in [3.8, 4) is 0 Å². The number of carboxylic acid groups (broad SMARTS) is 1. The minimum Gasteiger partial charge on any atom is -0.481 e. The van der Waals surface area contributed by atoms with Crippen LogP contribution in [0.15, 0.2) is 4.52 Å². The van der Waals surface area contributed by atoms with Crippen LogP contribution in [-0.4, -0.2) is 32.7 Å². The molecular weight excluding hydrogens is 298 g/mol. The van der Waals surface area contributed by atoms with E-state index in [1.54, 1.807) is 0 Å². The first-order chi connectivity index (χ1) is 10.8. The van der Waals surface area contributed by atoms with Crippen LogP contribution in [0.25, 0.3) is 0 Å². The smallest absolute Gasteiger partial charge is 0.308 e. The third kappa shape index (κ3) is 4.30. The van der Waals surface area contributed by atoms with Crippen LogP contribution in [-0.2, 0) is 16.0 Å². The highest BCUT2D eigenvalue weighted by atomic mass is 16.5. The maximum Gasteiger partial charge on any atom is 0.308 e. The van der Waals surface area contributed by atoms with E-state index in [4.69, 9.17) is 4.52 Å². The van der Waals surface area contributed by atoms with Crippen molar-refractivity contribution in [3.63, 3.8) is 0 Å². The fourth-order valence-electron chi connectivity index (χ4n) is 3.08. The van der Waals surface area contributed by atoms with E-state index in [9.17, 15) is 14.7 Å². The van der Waals surface area contributed by atoms with Crippen molar-refractivity contribution in [1.82, 2.24) is 15.5 Å². The van der Waals surface area contributed by atoms with Gasteiger partial charge in [-0.15, -0.1) is 0 Å². The van der Waals surface area contributed by atoms with Crippen molar-refractivity contribution >= 4 is 11.9 Å². The molecule has 1 aromatic heterocycles. The van der Waals surface area contributed by atoms with Gasteiger partial charge in [0.1, 0.15) is 0 Å². The molecule has 1 saturated carbocycles. The van der Waals surface area contributed by atoms with Crippen LogP contribution < -0.4 is 5.32 Å². The van der Waals surface area contributed by atoms with Gasteiger partial charge in [-0.3, -0.25) is 9.59 Å². The predicted octanol–water partition coefficient (Wildman–Crippen LogP) is 2.28. The van der Waals surface area contributed by atoms with Crippen molar-refractivity contribution < 1.29 is 19.2 Å². The normalized spacial score (nSPS) is 24.6. The van der Waals surface area contributed by atoms with Gasteiger partial charge in [0, 0.05) is 18.8 Å². The van der Waals surface area contributed by atoms with Crippen molar-refractivity contribution in [2.24, 2.45) is 5.92 Å². The van der Waals surface area contributed by atoms with Gasteiger partial charge in [-0.2, -0.15) is 4.98 Å². The number of nitrogens with zero attached hydrogens (tertiary/aromatic N) is 2. The molecule has 128 valence electrons. The Balaban J connectivity index is 1.91. The van der Waals surface area contributed by atoms with Crippen molar-refractivity contribution in [1.29, 1.82) is 0 Å². The molecule has 0 aliphatic heterocycles. The van der Waals surface area contributed by atoms with Gasteiger partial charge in [-0.25, -0.2) is 0 Å². The average molecular weight is 323 g/mol. The van der Waals surface area contributed by atoms with E-state index in [-0.39, 0.29) is 18.2 Å². The lowest BCUT2D eigenvalue weighted by molar-refractivity contribution is -0.146. The molecule has 2 unspecified atom stereocenters. The molecule has 2 rings (SSSR count). The monoisotopic (exact) mass is 323 g/mol. The Labute approximate surface area is 135 Å². The second-order valence-electron chi connectivity index (χ2n) is 6.80. The zero-order valence-electron chi connectivity index (χ0n) is 14.0. The highest BCUT2D eigenvalue weighted by molar-refractivity contribution is 5.79. The Morgan fingerprint density at radius 3 is 2.78 bits per heavy atom. The van der Waals surface area contributed by atoms with Crippen LogP contribution in [0.1, 0.15) is 70.5 Å². The molecule has 0 radical (unpaired) electrons. The van der Waals surface area contributed by atoms with Gasteiger partial charge in [-0.05, 0) is 19.8 Å². The van der Waals surface area contributed by atoms with E-state index in [0.29, 0.717) is 31.0 Å². The molecule has 1 heterocycles. The maximum absolute atomic E-state index is 12.2. The summed E-state index contributed by atoms with van der Waals surface area (Å²) in [6, 6.07) is 0. The summed E-state index contributed by atoms with van der Waals surface area (Å²) in [6.07, 6.45) is 3.69. The van der Waals surface area contributed by atoms with Crippen LogP contribution in [0.2, 0.25) is 0 Å². The SMILES string of the molecule is CC(C)c1noc(CCC(=O)NC2(C)CCCCC2C(=O)O)n1. The number of aryl methyl sites for hydroxylation is 1. The molecule has 2 atom stereocenters. The van der Waals surface area contributed by atoms with Gasteiger partial charge in [0.25, 0.3) is 0 Å². The van der Waals surface area contributed by atoms with Gasteiger partial charge in [0.2, 0.25) is 11.8 Å². The van der Waals surface area contributed by atoms with E-state index < -0.39 is 17.4 Å². The minimum atomic E-state index is -0.842. The van der Waals surface area contributed by atoms with Gasteiger partial charge in [0.05, 0.1) is 11.5 Å². The summed E-state index contributed by atoms with van der Waals surface area (Å²) in [6.45, 7) is 5.76. The molecule has 1 aromatic rings. The predicted molar refractivity (Wildman–Crippen MR) is 82.8 cm³/mol. The van der Waals surface area contributed by atoms with Crippen molar-refractivity contribution in [3.05, 3.63) is 11.7 Å². The van der Waals surface area contributed by atoms with Gasteiger partial charge in [0.15, 0.2) is 5.82 Å². The summed E-state index contributed by atoms with van der Waals surface area (Å²) in [7, 11) is 0. The number of hydrogen-bond donors (Lipinski definition) is 2. The number of carboxylic acids is 1. The lowest BCUT2D eigenvalue weighted by Crippen LogP contribution is -2.55. The molecule has 23 heavy (non-hydrogen) atoms. The summed E-state index contributed by atoms with van der Waals surface area (Å²) in [5, 5.41) is 16.1. The third-order valence-electron chi connectivity index (χ3n) is 4.50. The summed E-state index contributed by atoms with van der Waals surface area (Å²) >= 11 is 0. The van der Waals surface area contributed by atoms with Gasteiger partial charge < -0.3 is 14.9 Å². The fraction of sp³-hybridized carbons (Fsp3) is 0.750. The second kappa shape index (κ2) is 7.10. The highest BCUT2D eigenvalue weighted by Crippen LogP contribution is 2.33. The second-order valence-corrected chi connectivity index (χ2v) is 6.80. The number of aliphatic carboxylic acids is 1. The lowest BCUT2D eigenvalue weighted by Gasteiger charge is -2.39. The fourth-order valence-corrected chi connectivity index (χ4v) is 3.08. The number of rotatable bonds is 6. The summed E-state index contributed by atoms with van der Waals surface area (Å²) < 4.78 is 5.12. The topological polar surface area (TPSA) is 105 Å². The Hall–Kier alpha value is -1.92. The van der Waals surface area contributed by atoms with Crippen LogP contribution in [0.5, 0.6) is 0 Å². The molecule has 0 bridgehead atoms. The molecule has 0 aromatic carbocycles. The van der Waals surface area contributed by atoms with E-state index in [1.807, 2.05) is 20.8 Å². The molecule has 1 aliphatic carbocycles. The van der Waals surface area contributed by atoms with Crippen LogP contribution >= 0.6 is 0 Å². The Bertz CT molecular complexity index is 569. The number of carbonyl (C=O) groups is 2. The number of hydrogen-bond acceptors (Lipinski definition) is 5. The van der Waals surface area contributed by atoms with Crippen LogP contribution in [0.3, 0.4) is 0 Å². The van der Waals surface area contributed by atoms with Gasteiger partial charge >= 0.3 is 5.97 Å². The Morgan fingerprint density at radius 2 is 2.17 bits per heavy atom. The molecule has 7 heteroatoms. The zero-order chi connectivity index (χ0) is 17.0. The van der Waals surface area contributed by atoms with Gasteiger partial charge in [-0.1, -0.05) is 31.8 Å². The van der Waals surface area contributed by atoms with Crippen molar-refractivity contribution in [2.45, 2.75) is 70.8 Å². The number of aromatic nitrogens is 2. The minimum absolute atomic E-state index is 0.176. The zero-order valence-corrected chi connectivity index (χ0v) is 14.0. The molecule has 1 aliphatic rings. The summed E-state index contributed by atoms with van der Waals surface area (Å²) in [4.78, 5) is 27.9. The number of nitrogens with one attached hydrogen (secondary N) is 1. The maximum atomic E-state index is 12.2. The summed E-state index contributed by atoms with van der Waals surface area (Å²) in [5.41, 5.74) is -0.681. The van der Waals surface area contributed by atoms with E-state index in [1.165, 1.54) is 0 Å². The number of amides is 1. The molecule has 7 nitrogen and oxygen atoms in total. The first-order valence-corrected chi connectivity index (χ1v) is 8.18. The summed E-state index contributed by atoms with van der Waals surface area (Å²) in [5.74, 6) is -0.302. The molecular formula is C16H25N3O4. The Kier molecular flexibility index (Phi) is 5.38. The largest absolute Gasteiger partial charge is 0.481 e. The van der Waals surface area contributed by atoms with E-state index in [0.717, 1.165) is 12.8 Å². The average Bonchev–Trinajstić information content (AvgIpc) is 2.94. The van der Waals surface area contributed by atoms with Crippen molar-refractivity contribution in [2.75, 3.05) is 0 Å². The quantitative estimate of drug-likeness (QED) is 0.832. The number of carbonyl (C=O) groups excluding carboxylic acids is 1. The first-order valence-electron chi connectivity index (χ1n) is 8.18. The molecule has 0 saturated heterocycles. The van der Waals surface area contributed by atoms with E-state index in [2.05, 4.69) is 15.5 Å². The van der Waals surface area contributed by atoms with E-state index >= 15 is 0 Å². The molecule has 1 amide bonds. The third-order valence-corrected chi connectivity index (χ3v) is 4.50. The first kappa shape index (κ1) is 17.4. The molecule has 1 fully saturated rings. The van der Waals surface area contributed by atoms with Crippen LogP contribution in [0, 0.1) is 5.92 Å².